The summed E-state index contributed by atoms with van der Waals surface area (Å²) in [5.41, 5.74) is 0. The Hall–Kier alpha value is -1.14. The lowest BCUT2D eigenvalue weighted by Gasteiger charge is -2.25. The monoisotopic (exact) mass is 245 g/mol. The Kier molecular flexibility index (Phi) is 6.57. The number of carboxylic acids is 1. The van der Waals surface area contributed by atoms with Crippen LogP contribution in [0, 0.1) is 0 Å². The Morgan fingerprint density at radius 1 is 1.24 bits per heavy atom. The summed E-state index contributed by atoms with van der Waals surface area (Å²) < 4.78 is 10.2. The van der Waals surface area contributed by atoms with E-state index in [2.05, 4.69) is 0 Å². The molecule has 1 aliphatic rings. The van der Waals surface area contributed by atoms with Crippen molar-refractivity contribution in [2.24, 2.45) is 0 Å². The summed E-state index contributed by atoms with van der Waals surface area (Å²) >= 11 is 0. The first kappa shape index (κ1) is 13.9. The molecule has 1 saturated heterocycles. The number of carboxylic acid groups (broad SMARTS) is 1. The number of morpholine rings is 1. The van der Waals surface area contributed by atoms with E-state index in [0.29, 0.717) is 39.2 Å². The van der Waals surface area contributed by atoms with Gasteiger partial charge < -0.3 is 14.6 Å². The summed E-state index contributed by atoms with van der Waals surface area (Å²) in [6.45, 7) is 3.43. The topological polar surface area (TPSA) is 76.1 Å². The maximum absolute atomic E-state index is 11.4. The van der Waals surface area contributed by atoms with Crippen molar-refractivity contribution < 1.29 is 24.2 Å². The van der Waals surface area contributed by atoms with Crippen molar-refractivity contribution in [1.29, 1.82) is 0 Å². The van der Waals surface area contributed by atoms with Crippen LogP contribution in [0.25, 0.3) is 0 Å². The second-order valence-corrected chi connectivity index (χ2v) is 3.96. The van der Waals surface area contributed by atoms with Crippen LogP contribution >= 0.6 is 0 Å². The molecule has 98 valence electrons. The van der Waals surface area contributed by atoms with Crippen LogP contribution in [0.15, 0.2) is 0 Å². The van der Waals surface area contributed by atoms with Gasteiger partial charge in [-0.25, -0.2) is 0 Å². The summed E-state index contributed by atoms with van der Waals surface area (Å²) in [4.78, 5) is 23.6. The van der Waals surface area contributed by atoms with Crippen LogP contribution in [-0.4, -0.2) is 61.4 Å². The van der Waals surface area contributed by atoms with Crippen molar-refractivity contribution in [1.82, 2.24) is 4.90 Å². The highest BCUT2D eigenvalue weighted by Gasteiger charge is 2.14. The van der Waals surface area contributed by atoms with Crippen LogP contribution in [0.2, 0.25) is 0 Å². The molecule has 0 unspecified atom stereocenters. The maximum Gasteiger partial charge on any atom is 0.320 e. The second kappa shape index (κ2) is 8.03. The van der Waals surface area contributed by atoms with E-state index >= 15 is 0 Å². The first-order valence-corrected chi connectivity index (χ1v) is 5.86. The minimum atomic E-state index is -0.815. The van der Waals surface area contributed by atoms with E-state index in [0.717, 1.165) is 13.1 Å². The Balaban J connectivity index is 1.98. The van der Waals surface area contributed by atoms with E-state index in [-0.39, 0.29) is 12.4 Å². The van der Waals surface area contributed by atoms with Gasteiger partial charge in [-0.05, 0) is 12.8 Å². The Morgan fingerprint density at radius 3 is 2.59 bits per heavy atom. The Labute approximate surface area is 100 Å². The van der Waals surface area contributed by atoms with Crippen molar-refractivity contribution in [3.8, 4) is 0 Å². The third-order valence-electron chi connectivity index (χ3n) is 2.50. The predicted molar refractivity (Wildman–Crippen MR) is 59.7 cm³/mol. The zero-order valence-electron chi connectivity index (χ0n) is 9.89. The quantitative estimate of drug-likeness (QED) is 0.507. The lowest BCUT2D eigenvalue weighted by atomic mass is 10.2. The average Bonchev–Trinajstić information content (AvgIpc) is 2.29. The van der Waals surface area contributed by atoms with E-state index in [9.17, 15) is 9.59 Å². The van der Waals surface area contributed by atoms with Crippen LogP contribution in [0.1, 0.15) is 19.3 Å². The lowest BCUT2D eigenvalue weighted by Crippen LogP contribution is -2.40. The van der Waals surface area contributed by atoms with Gasteiger partial charge in [0.25, 0.3) is 0 Å². The fraction of sp³-hybridized carbons (Fsp3) is 0.818. The predicted octanol–water partition coefficient (Wildman–Crippen LogP) is 0.117. The Bertz CT molecular complexity index is 250. The van der Waals surface area contributed by atoms with Gasteiger partial charge >= 0.3 is 11.9 Å². The van der Waals surface area contributed by atoms with Gasteiger partial charge in [-0.3, -0.25) is 14.5 Å². The van der Waals surface area contributed by atoms with Crippen molar-refractivity contribution in [3.05, 3.63) is 0 Å². The molecule has 0 aliphatic carbocycles. The molecular weight excluding hydrogens is 226 g/mol. The molecule has 6 heteroatoms. The maximum atomic E-state index is 11.4. The number of rotatable bonds is 7. The van der Waals surface area contributed by atoms with E-state index in [1.54, 1.807) is 0 Å². The number of carbonyl (C=O) groups is 2. The molecule has 0 aromatic rings. The number of nitrogens with zero attached hydrogens (tertiary/aromatic N) is 1. The van der Waals surface area contributed by atoms with Gasteiger partial charge in [-0.2, -0.15) is 0 Å². The summed E-state index contributed by atoms with van der Waals surface area (Å²) in [6.07, 6.45) is 1.27. The van der Waals surface area contributed by atoms with E-state index < -0.39 is 5.97 Å². The third-order valence-corrected chi connectivity index (χ3v) is 2.50. The van der Waals surface area contributed by atoms with E-state index in [1.807, 2.05) is 4.90 Å². The normalized spacial score (nSPS) is 16.7. The highest BCUT2D eigenvalue weighted by atomic mass is 16.5. The van der Waals surface area contributed by atoms with Gasteiger partial charge in [0.15, 0.2) is 0 Å². The molecule has 0 spiro atoms. The summed E-state index contributed by atoms with van der Waals surface area (Å²) in [6, 6.07) is 0. The number of carbonyl (C=O) groups excluding carboxylic acids is 1. The summed E-state index contributed by atoms with van der Waals surface area (Å²) in [7, 11) is 0. The van der Waals surface area contributed by atoms with Crippen LogP contribution < -0.4 is 0 Å². The van der Waals surface area contributed by atoms with Crippen molar-refractivity contribution in [2.45, 2.75) is 19.3 Å². The van der Waals surface area contributed by atoms with Crippen molar-refractivity contribution in [3.63, 3.8) is 0 Å². The summed E-state index contributed by atoms with van der Waals surface area (Å²) in [5, 5.41) is 8.41. The van der Waals surface area contributed by atoms with Crippen molar-refractivity contribution >= 4 is 11.9 Å². The fourth-order valence-electron chi connectivity index (χ4n) is 1.55. The minimum Gasteiger partial charge on any atom is -0.481 e. The molecule has 0 aromatic heterocycles. The van der Waals surface area contributed by atoms with Gasteiger partial charge in [0.1, 0.15) is 0 Å². The number of aliphatic carboxylic acids is 1. The molecule has 1 fully saturated rings. The minimum absolute atomic E-state index is 0.126. The molecule has 0 saturated carbocycles. The van der Waals surface area contributed by atoms with Gasteiger partial charge in [0.05, 0.1) is 26.4 Å². The van der Waals surface area contributed by atoms with E-state index in [4.69, 9.17) is 14.6 Å². The molecule has 0 radical (unpaired) electrons. The third kappa shape index (κ3) is 6.91. The van der Waals surface area contributed by atoms with E-state index in [1.165, 1.54) is 0 Å². The van der Waals surface area contributed by atoms with Crippen molar-refractivity contribution in [2.75, 3.05) is 39.5 Å². The van der Waals surface area contributed by atoms with Crippen LogP contribution in [0.3, 0.4) is 0 Å². The molecule has 6 nitrogen and oxygen atoms in total. The molecule has 0 atom stereocenters. The molecule has 1 heterocycles. The number of ether oxygens (including phenoxy) is 2. The van der Waals surface area contributed by atoms with Gasteiger partial charge in [-0.15, -0.1) is 0 Å². The Morgan fingerprint density at radius 2 is 1.94 bits per heavy atom. The van der Waals surface area contributed by atoms with Crippen LogP contribution in [0.4, 0.5) is 0 Å². The van der Waals surface area contributed by atoms with Gasteiger partial charge in [0.2, 0.25) is 0 Å². The van der Waals surface area contributed by atoms with Gasteiger partial charge in [0, 0.05) is 19.5 Å². The zero-order chi connectivity index (χ0) is 12.5. The molecule has 0 aromatic carbocycles. The molecule has 1 aliphatic heterocycles. The number of esters is 1. The molecule has 1 N–H and O–H groups in total. The highest BCUT2D eigenvalue weighted by Crippen LogP contribution is 1.99. The second-order valence-electron chi connectivity index (χ2n) is 3.96. The zero-order valence-corrected chi connectivity index (χ0v) is 9.89. The van der Waals surface area contributed by atoms with Gasteiger partial charge in [-0.1, -0.05) is 0 Å². The fourth-order valence-corrected chi connectivity index (χ4v) is 1.55. The summed E-state index contributed by atoms with van der Waals surface area (Å²) in [5.74, 6) is -1.06. The molecular formula is C11H19NO5. The first-order valence-electron chi connectivity index (χ1n) is 5.86. The molecule has 17 heavy (non-hydrogen) atoms. The molecule has 1 rings (SSSR count). The SMILES string of the molecule is O=C(O)CCCCOC(=O)CN1CCOCC1. The molecule has 0 bridgehead atoms. The number of hydrogen-bond acceptors (Lipinski definition) is 5. The highest BCUT2D eigenvalue weighted by molar-refractivity contribution is 5.71. The standard InChI is InChI=1S/C11H19NO5/c13-10(14)3-1-2-6-17-11(15)9-12-4-7-16-8-5-12/h1-9H2,(H,13,14). The largest absolute Gasteiger partial charge is 0.481 e. The van der Waals surface area contributed by atoms with Crippen LogP contribution in [-0.2, 0) is 19.1 Å². The first-order chi connectivity index (χ1) is 8.18. The number of unbranched alkanes of at least 4 members (excludes halogenated alkanes) is 1. The number of hydrogen-bond donors (Lipinski definition) is 1. The van der Waals surface area contributed by atoms with Crippen LogP contribution in [0.5, 0.6) is 0 Å². The smallest absolute Gasteiger partial charge is 0.320 e. The lowest BCUT2D eigenvalue weighted by molar-refractivity contribution is -0.146. The molecule has 0 amide bonds. The average molecular weight is 245 g/mol.